The molecule has 5 saturated heterocycles. The van der Waals surface area contributed by atoms with Crippen LogP contribution in [0.15, 0.2) is 78.7 Å². The molecular formula is C70H86N14O8S. The van der Waals surface area contributed by atoms with Crippen LogP contribution in [0.3, 0.4) is 0 Å². The predicted molar refractivity (Wildman–Crippen MR) is 358 cm³/mol. The number of phenols is 1. The molecule has 5 aliphatic heterocycles. The summed E-state index contributed by atoms with van der Waals surface area (Å²) in [5.74, 6) is 0.735. The molecule has 3 unspecified atom stereocenters. The van der Waals surface area contributed by atoms with Crippen LogP contribution in [0, 0.1) is 18.3 Å². The molecule has 3 aromatic carbocycles. The smallest absolute Gasteiger partial charge is 0.410 e. The molecule has 4 N–H and O–H groups in total. The number of thiazole rings is 1. The number of phenolic OH excluding ortho intramolecular Hbond substituents is 1. The Morgan fingerprint density at radius 1 is 0.806 bits per heavy atom. The summed E-state index contributed by atoms with van der Waals surface area (Å²) in [7, 11) is 0. The van der Waals surface area contributed by atoms with Gasteiger partial charge in [0.25, 0.3) is 5.91 Å². The third-order valence-corrected chi connectivity index (χ3v) is 20.7. The summed E-state index contributed by atoms with van der Waals surface area (Å²) in [4.78, 5) is 98.7. The maximum atomic E-state index is 14.4. The van der Waals surface area contributed by atoms with Crippen LogP contribution in [0.5, 0.6) is 11.8 Å². The van der Waals surface area contributed by atoms with E-state index in [4.69, 9.17) is 24.4 Å². The van der Waals surface area contributed by atoms with Crippen molar-refractivity contribution in [2.75, 3.05) is 88.4 Å². The summed E-state index contributed by atoms with van der Waals surface area (Å²) >= 11 is 1.58. The zero-order chi connectivity index (χ0) is 65.2. The molecule has 2 bridgehead atoms. The fourth-order valence-electron chi connectivity index (χ4n) is 14.8. The van der Waals surface area contributed by atoms with Gasteiger partial charge >= 0.3 is 12.1 Å². The molecule has 93 heavy (non-hydrogen) atoms. The molecule has 13 rings (SSSR count). The first-order chi connectivity index (χ1) is 44.5. The lowest BCUT2D eigenvalue weighted by molar-refractivity contribution is -0.142. The van der Waals surface area contributed by atoms with Gasteiger partial charge in [0.05, 0.1) is 69.3 Å². The van der Waals surface area contributed by atoms with E-state index in [0.29, 0.717) is 37.4 Å². The minimum absolute atomic E-state index is 0.0284. The Hall–Kier alpha value is -8.12. The highest BCUT2D eigenvalue weighted by atomic mass is 32.1. The molecule has 23 heteroatoms. The van der Waals surface area contributed by atoms with Crippen LogP contribution in [0.4, 0.5) is 16.4 Å². The van der Waals surface area contributed by atoms with Gasteiger partial charge in [-0.25, -0.2) is 19.7 Å². The maximum Gasteiger partial charge on any atom is 0.410 e. The molecular weight excluding hydrogens is 1200 g/mol. The number of aliphatic hydroxyl groups excluding tert-OH is 1. The molecule has 1 aliphatic carbocycles. The lowest BCUT2D eigenvalue weighted by Crippen LogP contribution is -2.58. The number of aromatic hydroxyl groups is 1. The van der Waals surface area contributed by atoms with E-state index in [9.17, 15) is 29.4 Å². The van der Waals surface area contributed by atoms with E-state index in [1.54, 1.807) is 17.5 Å². The fraction of sp³-hybridized carbons (Fsp3) is 0.514. The molecule has 6 aliphatic rings. The van der Waals surface area contributed by atoms with E-state index in [0.717, 1.165) is 150 Å². The number of carbonyl (C=O) groups is 4. The van der Waals surface area contributed by atoms with Crippen LogP contribution >= 0.6 is 11.3 Å². The first-order valence-corrected chi connectivity index (χ1v) is 33.9. The molecule has 490 valence electrons. The number of pyridine rings is 1. The Labute approximate surface area is 547 Å². The quantitative estimate of drug-likeness (QED) is 0.0749. The molecule has 7 aromatic rings. The Kier molecular flexibility index (Phi) is 17.5. The number of fused-ring (bicyclic) bond motifs is 6. The van der Waals surface area contributed by atoms with Crippen molar-refractivity contribution in [1.29, 1.82) is 0 Å². The summed E-state index contributed by atoms with van der Waals surface area (Å²) in [6.45, 7) is 25.8. The highest BCUT2D eigenvalue weighted by molar-refractivity contribution is 7.13. The van der Waals surface area contributed by atoms with Gasteiger partial charge in [-0.2, -0.15) is 9.97 Å². The van der Waals surface area contributed by atoms with E-state index in [2.05, 4.69) is 58.2 Å². The highest BCUT2D eigenvalue weighted by Crippen LogP contribution is 2.49. The first kappa shape index (κ1) is 63.6. The number of rotatable bonds is 15. The van der Waals surface area contributed by atoms with Crippen LogP contribution in [0.1, 0.15) is 132 Å². The maximum absolute atomic E-state index is 14.4. The summed E-state index contributed by atoms with van der Waals surface area (Å²) < 4.78 is 12.5. The van der Waals surface area contributed by atoms with Crippen LogP contribution < -0.4 is 25.2 Å². The predicted octanol–water partition coefficient (Wildman–Crippen LogP) is 8.72. The summed E-state index contributed by atoms with van der Waals surface area (Å²) in [6.07, 6.45) is 7.77. The third-order valence-electron chi connectivity index (χ3n) is 19.7. The van der Waals surface area contributed by atoms with Gasteiger partial charge in [0, 0.05) is 88.6 Å². The van der Waals surface area contributed by atoms with E-state index in [1.807, 2.05) is 121 Å². The number of benzene rings is 3. The molecule has 4 aromatic heterocycles. The fourth-order valence-corrected chi connectivity index (χ4v) is 15.7. The van der Waals surface area contributed by atoms with Crippen molar-refractivity contribution < 1.29 is 38.9 Å². The molecule has 7 atom stereocenters. The number of carbonyl (C=O) groups excluding carboxylic acids is 4. The normalized spacial score (nSPS) is 21.8. The van der Waals surface area contributed by atoms with E-state index in [-0.39, 0.29) is 60.5 Å². The number of amides is 4. The zero-order valence-corrected chi connectivity index (χ0v) is 55.6. The van der Waals surface area contributed by atoms with Crippen molar-refractivity contribution in [1.82, 2.24) is 60.1 Å². The third kappa shape index (κ3) is 13.1. The van der Waals surface area contributed by atoms with Gasteiger partial charge in [0.2, 0.25) is 11.8 Å². The molecule has 5 fully saturated rings. The van der Waals surface area contributed by atoms with Crippen molar-refractivity contribution in [3.05, 3.63) is 107 Å². The number of ether oxygens (including phenoxy) is 2. The first-order valence-electron chi connectivity index (χ1n) is 33.0. The second-order valence-electron chi connectivity index (χ2n) is 28.4. The van der Waals surface area contributed by atoms with Gasteiger partial charge in [-0.05, 0) is 124 Å². The van der Waals surface area contributed by atoms with Gasteiger partial charge in [-0.15, -0.1) is 11.3 Å². The highest BCUT2D eigenvalue weighted by Gasteiger charge is 2.47. The molecule has 4 amide bonds. The number of hydrogen-bond donors (Lipinski definition) is 4. The van der Waals surface area contributed by atoms with Crippen LogP contribution in [0.25, 0.3) is 43.4 Å². The molecule has 0 saturated carbocycles. The van der Waals surface area contributed by atoms with E-state index >= 15 is 0 Å². The summed E-state index contributed by atoms with van der Waals surface area (Å²) in [5.41, 5.74) is 8.04. The van der Waals surface area contributed by atoms with Gasteiger partial charge in [-0.3, -0.25) is 34.1 Å². The number of piperazine rings is 2. The van der Waals surface area contributed by atoms with Gasteiger partial charge in [-0.1, -0.05) is 70.2 Å². The number of likely N-dealkylation sites (tertiary alicyclic amines) is 2. The lowest BCUT2D eigenvalue weighted by Gasteiger charge is -2.42. The number of aliphatic hydroxyl groups is 1. The zero-order valence-electron chi connectivity index (χ0n) is 54.8. The van der Waals surface area contributed by atoms with E-state index < -0.39 is 41.0 Å². The average Bonchev–Trinajstić information content (AvgIpc) is 1.71. The second-order valence-corrected chi connectivity index (χ2v) is 29.3. The van der Waals surface area contributed by atoms with Gasteiger partial charge < -0.3 is 45.0 Å². The summed E-state index contributed by atoms with van der Waals surface area (Å²) in [6, 6.07) is 15.8. The van der Waals surface area contributed by atoms with Crippen molar-refractivity contribution in [3.8, 4) is 33.5 Å². The number of anilines is 2. The molecule has 0 radical (unpaired) electrons. The Balaban J connectivity index is 0.597. The number of nitrogens with one attached hydrogen (secondary N) is 2. The van der Waals surface area contributed by atoms with Crippen molar-refractivity contribution in [3.63, 3.8) is 0 Å². The Morgan fingerprint density at radius 2 is 1.55 bits per heavy atom. The standard InChI is InChI=1S/C70H86N14O8S/c1-40-51-12-10-11-46-29-49(85)30-52(58(46)51)59-57(40)60-53(32-73-59)63(82-36-47-17-18-48(37-82)84(47)68(90)92-70(7,8)9)78-67(76-60)91-28-27-79-21-19-43(20-22-79)35-80-23-25-81(26-24-80)56-34-71-54(33-72-56)64(87)77-62(69(4,5)6)66(89)83-38-50(86)31-55(83)65(88)75-41(2)44-13-15-45(16-14-44)61-42(3)74-39-93-61/h10-16,29-30,32-34,39-41,43,47-48,50,55,62,85-86H,17-28,31,35-38H2,1-9H3,(H,75,88)(H,77,87)/t40?,41-,47?,48?,50+,55-,62+/m0/s1. The number of β-amino-alcohol motifs (C(OH)–C–C–N with tert-alkyl or cyclic N) is 1. The molecule has 22 nitrogen and oxygen atoms in total. The number of piperidine rings is 1. The Morgan fingerprint density at radius 3 is 2.23 bits per heavy atom. The Bertz CT molecular complexity index is 3940. The topological polar surface area (TPSA) is 248 Å². The van der Waals surface area contributed by atoms with Crippen molar-refractivity contribution in [2.45, 2.75) is 142 Å². The van der Waals surface area contributed by atoms with E-state index in [1.165, 1.54) is 11.1 Å². The monoisotopic (exact) mass is 1280 g/mol. The number of aryl methyl sites for hydroxylation is 1. The SMILES string of the molecule is Cc1ncsc1-c1ccc([C@H](C)NC(=O)[C@@H]2C[C@@H](O)CN2C(=O)[C@@H](NC(=O)c2cnc(N3CCN(CC4CCN(CCOc5nc(N6CC7CCC(C6)N7C(=O)OC(C)(C)C)c6cnc7c(c6n5)C(C)c5cccc6cc(O)cc-7c56)CC4)CC3)cn2)C(C)(C)C)cc1. The second kappa shape index (κ2) is 25.6. The minimum atomic E-state index is -1.03. The largest absolute Gasteiger partial charge is 0.508 e. The van der Waals surface area contributed by atoms with Crippen molar-refractivity contribution >= 4 is 68.5 Å². The van der Waals surface area contributed by atoms with Crippen LogP contribution in [-0.4, -0.2) is 198 Å². The number of hydrogen-bond acceptors (Lipinski definition) is 19. The average molecular weight is 1280 g/mol. The van der Waals surface area contributed by atoms with Gasteiger partial charge in [0.1, 0.15) is 47.4 Å². The molecule has 9 heterocycles. The summed E-state index contributed by atoms with van der Waals surface area (Å²) in [5, 5.41) is 30.6. The number of aromatic nitrogens is 6. The van der Waals surface area contributed by atoms with Crippen LogP contribution in [0.2, 0.25) is 0 Å². The molecule has 0 spiro atoms. The lowest BCUT2D eigenvalue weighted by atomic mass is 9.79. The van der Waals surface area contributed by atoms with Crippen LogP contribution in [-0.2, 0) is 14.3 Å². The van der Waals surface area contributed by atoms with Crippen molar-refractivity contribution in [2.24, 2.45) is 11.3 Å². The number of nitrogens with zero attached hydrogens (tertiary/aromatic N) is 12. The minimum Gasteiger partial charge on any atom is -0.508 e. The van der Waals surface area contributed by atoms with Gasteiger partial charge in [0.15, 0.2) is 0 Å².